The van der Waals surface area contributed by atoms with Crippen molar-refractivity contribution in [1.29, 1.82) is 0 Å². The Bertz CT molecular complexity index is 973. The van der Waals surface area contributed by atoms with E-state index in [0.29, 0.717) is 41.4 Å². The summed E-state index contributed by atoms with van der Waals surface area (Å²) in [7, 11) is 1.65. The van der Waals surface area contributed by atoms with Gasteiger partial charge in [0.1, 0.15) is 5.82 Å². The number of hydrogen-bond donors (Lipinski definition) is 1. The number of methoxy groups -OCH3 is 1. The molecule has 0 atom stereocenters. The second-order valence-corrected chi connectivity index (χ2v) is 7.09. The number of fused-ring (bicyclic) bond motifs is 1. The summed E-state index contributed by atoms with van der Waals surface area (Å²) in [5.41, 5.74) is 2.41. The average Bonchev–Trinajstić information content (AvgIpc) is 3.32. The quantitative estimate of drug-likeness (QED) is 0.580. The van der Waals surface area contributed by atoms with E-state index in [-0.39, 0.29) is 12.6 Å². The lowest BCUT2D eigenvalue weighted by Gasteiger charge is -2.14. The lowest BCUT2D eigenvalue weighted by atomic mass is 10.1. The van der Waals surface area contributed by atoms with Gasteiger partial charge in [0.05, 0.1) is 18.5 Å². The standard InChI is InChI=1S/C20H19BrFN3O3/c1-26-8-7-25-17(13-5-6-18-19(9-13)28-12-27-18)11-24-20(25)23-10-14-15(21)3-2-4-16(14)22/h2-6,9,11H,7-8,10,12H2,1H3,(H,23,24). The van der Waals surface area contributed by atoms with Gasteiger partial charge < -0.3 is 24.1 Å². The molecule has 6 nitrogen and oxygen atoms in total. The maximum absolute atomic E-state index is 14.1. The van der Waals surface area contributed by atoms with Crippen molar-refractivity contribution in [2.24, 2.45) is 0 Å². The van der Waals surface area contributed by atoms with E-state index in [2.05, 4.69) is 26.2 Å². The van der Waals surface area contributed by atoms with E-state index in [1.807, 2.05) is 28.8 Å². The molecule has 2 heterocycles. The van der Waals surface area contributed by atoms with Gasteiger partial charge in [-0.2, -0.15) is 0 Å². The molecule has 0 radical (unpaired) electrons. The molecule has 0 fully saturated rings. The minimum atomic E-state index is -0.270. The number of hydrogen-bond acceptors (Lipinski definition) is 5. The van der Waals surface area contributed by atoms with Gasteiger partial charge in [-0.25, -0.2) is 9.37 Å². The minimum Gasteiger partial charge on any atom is -0.454 e. The molecular formula is C20H19BrFN3O3. The number of aromatic nitrogens is 2. The van der Waals surface area contributed by atoms with Crippen molar-refractivity contribution in [1.82, 2.24) is 9.55 Å². The summed E-state index contributed by atoms with van der Waals surface area (Å²) < 4.78 is 32.9. The van der Waals surface area contributed by atoms with E-state index in [9.17, 15) is 4.39 Å². The maximum atomic E-state index is 14.1. The molecule has 0 spiro atoms. The summed E-state index contributed by atoms with van der Waals surface area (Å²) in [6, 6.07) is 10.7. The summed E-state index contributed by atoms with van der Waals surface area (Å²) in [6.07, 6.45) is 1.78. The molecule has 1 aliphatic rings. The Morgan fingerprint density at radius 3 is 2.93 bits per heavy atom. The van der Waals surface area contributed by atoms with Crippen LogP contribution in [0.4, 0.5) is 10.3 Å². The molecule has 0 saturated carbocycles. The Kier molecular flexibility index (Phi) is 5.50. The Balaban J connectivity index is 1.63. The van der Waals surface area contributed by atoms with E-state index in [4.69, 9.17) is 14.2 Å². The number of imidazole rings is 1. The lowest BCUT2D eigenvalue weighted by molar-refractivity contribution is 0.174. The van der Waals surface area contributed by atoms with Crippen LogP contribution < -0.4 is 14.8 Å². The van der Waals surface area contributed by atoms with Crippen molar-refractivity contribution in [2.75, 3.05) is 25.8 Å². The number of ether oxygens (including phenoxy) is 3. The third-order valence-electron chi connectivity index (χ3n) is 4.53. The maximum Gasteiger partial charge on any atom is 0.231 e. The van der Waals surface area contributed by atoms with E-state index >= 15 is 0 Å². The fourth-order valence-electron chi connectivity index (χ4n) is 3.08. The fourth-order valence-corrected chi connectivity index (χ4v) is 3.56. The molecule has 4 rings (SSSR count). The highest BCUT2D eigenvalue weighted by Gasteiger charge is 2.18. The van der Waals surface area contributed by atoms with Gasteiger partial charge in [-0.3, -0.25) is 0 Å². The number of benzene rings is 2. The molecule has 1 N–H and O–H groups in total. The van der Waals surface area contributed by atoms with E-state index in [0.717, 1.165) is 17.0 Å². The smallest absolute Gasteiger partial charge is 0.231 e. The molecule has 0 saturated heterocycles. The number of nitrogens with zero attached hydrogens (tertiary/aromatic N) is 2. The van der Waals surface area contributed by atoms with Crippen molar-refractivity contribution in [3.63, 3.8) is 0 Å². The van der Waals surface area contributed by atoms with Crippen LogP contribution in [0.3, 0.4) is 0 Å². The first-order valence-corrected chi connectivity index (χ1v) is 9.58. The first-order valence-electron chi connectivity index (χ1n) is 8.78. The third kappa shape index (κ3) is 3.70. The van der Waals surface area contributed by atoms with Crippen LogP contribution in [0.2, 0.25) is 0 Å². The molecule has 8 heteroatoms. The average molecular weight is 448 g/mol. The van der Waals surface area contributed by atoms with E-state index in [1.54, 1.807) is 19.4 Å². The predicted molar refractivity (Wildman–Crippen MR) is 107 cm³/mol. The normalized spacial score (nSPS) is 12.4. The predicted octanol–water partition coefficient (Wildman–Crippen LogP) is 4.44. The molecule has 0 unspecified atom stereocenters. The highest BCUT2D eigenvalue weighted by Crippen LogP contribution is 2.36. The van der Waals surface area contributed by atoms with Crippen LogP contribution in [-0.2, 0) is 17.8 Å². The van der Waals surface area contributed by atoms with Crippen LogP contribution in [0.25, 0.3) is 11.3 Å². The zero-order chi connectivity index (χ0) is 19.5. The van der Waals surface area contributed by atoms with Crippen LogP contribution in [0, 0.1) is 5.82 Å². The van der Waals surface area contributed by atoms with Gasteiger partial charge in [0.25, 0.3) is 0 Å². The van der Waals surface area contributed by atoms with Gasteiger partial charge in [-0.05, 0) is 30.3 Å². The molecule has 2 aromatic carbocycles. The van der Waals surface area contributed by atoms with E-state index < -0.39 is 0 Å². The number of rotatable bonds is 7. The van der Waals surface area contributed by atoms with Crippen LogP contribution in [0.1, 0.15) is 5.56 Å². The Hall–Kier alpha value is -2.58. The van der Waals surface area contributed by atoms with Crippen molar-refractivity contribution in [3.05, 3.63) is 58.4 Å². The summed E-state index contributed by atoms with van der Waals surface area (Å²) in [6.45, 7) is 1.65. The molecular weight excluding hydrogens is 429 g/mol. The summed E-state index contributed by atoms with van der Waals surface area (Å²) in [5.74, 6) is 1.81. The topological polar surface area (TPSA) is 57.5 Å². The Morgan fingerprint density at radius 2 is 2.11 bits per heavy atom. The molecule has 0 aliphatic carbocycles. The van der Waals surface area contributed by atoms with Gasteiger partial charge in [0.15, 0.2) is 11.5 Å². The first kappa shape index (κ1) is 18.8. The monoisotopic (exact) mass is 447 g/mol. The summed E-state index contributed by atoms with van der Waals surface area (Å²) >= 11 is 3.40. The molecule has 146 valence electrons. The van der Waals surface area contributed by atoms with Gasteiger partial charge in [-0.1, -0.05) is 22.0 Å². The fraction of sp³-hybridized carbons (Fsp3) is 0.250. The largest absolute Gasteiger partial charge is 0.454 e. The highest BCUT2D eigenvalue weighted by molar-refractivity contribution is 9.10. The van der Waals surface area contributed by atoms with E-state index in [1.165, 1.54) is 6.07 Å². The van der Waals surface area contributed by atoms with Gasteiger partial charge in [0, 0.05) is 35.8 Å². The van der Waals surface area contributed by atoms with Crippen molar-refractivity contribution >= 4 is 21.9 Å². The second kappa shape index (κ2) is 8.20. The molecule has 0 bridgehead atoms. The SMILES string of the molecule is COCCn1c(-c2ccc3c(c2)OCO3)cnc1NCc1c(F)cccc1Br. The van der Waals surface area contributed by atoms with Crippen LogP contribution in [-0.4, -0.2) is 30.1 Å². The molecule has 1 aliphatic heterocycles. The zero-order valence-corrected chi connectivity index (χ0v) is 16.8. The molecule has 1 aromatic heterocycles. The van der Waals surface area contributed by atoms with Crippen LogP contribution in [0.5, 0.6) is 11.5 Å². The molecule has 28 heavy (non-hydrogen) atoms. The van der Waals surface area contributed by atoms with Gasteiger partial charge in [0.2, 0.25) is 12.7 Å². The number of halogens is 2. The third-order valence-corrected chi connectivity index (χ3v) is 5.27. The van der Waals surface area contributed by atoms with Crippen LogP contribution in [0.15, 0.2) is 47.1 Å². The summed E-state index contributed by atoms with van der Waals surface area (Å²) in [5, 5.41) is 3.23. The highest BCUT2D eigenvalue weighted by atomic mass is 79.9. The number of anilines is 1. The van der Waals surface area contributed by atoms with Crippen molar-refractivity contribution in [3.8, 4) is 22.8 Å². The Morgan fingerprint density at radius 1 is 1.25 bits per heavy atom. The second-order valence-electron chi connectivity index (χ2n) is 6.23. The number of nitrogens with one attached hydrogen (secondary N) is 1. The lowest BCUT2D eigenvalue weighted by Crippen LogP contribution is -2.12. The first-order chi connectivity index (χ1) is 13.7. The minimum absolute atomic E-state index is 0.228. The molecule has 3 aromatic rings. The Labute approximate surface area is 170 Å². The van der Waals surface area contributed by atoms with Crippen molar-refractivity contribution in [2.45, 2.75) is 13.1 Å². The van der Waals surface area contributed by atoms with Gasteiger partial charge in [-0.15, -0.1) is 0 Å². The van der Waals surface area contributed by atoms with Crippen LogP contribution >= 0.6 is 15.9 Å². The molecule has 0 amide bonds. The van der Waals surface area contributed by atoms with Gasteiger partial charge >= 0.3 is 0 Å². The summed E-state index contributed by atoms with van der Waals surface area (Å²) in [4.78, 5) is 4.50. The van der Waals surface area contributed by atoms with Crippen molar-refractivity contribution < 1.29 is 18.6 Å². The zero-order valence-electron chi connectivity index (χ0n) is 15.2.